The zero-order valence-corrected chi connectivity index (χ0v) is 16.7. The van der Waals surface area contributed by atoms with Crippen LogP contribution >= 0.6 is 0 Å². The molecule has 0 aliphatic carbocycles. The molecule has 3 N–H and O–H groups in total. The number of methoxy groups -OCH3 is 1. The van der Waals surface area contributed by atoms with Crippen LogP contribution in [-0.4, -0.2) is 43.4 Å². The summed E-state index contributed by atoms with van der Waals surface area (Å²) >= 11 is 0. The van der Waals surface area contributed by atoms with Crippen LogP contribution in [0.1, 0.15) is 17.2 Å². The van der Waals surface area contributed by atoms with Gasteiger partial charge >= 0.3 is 11.8 Å². The average molecular weight is 406 g/mol. The summed E-state index contributed by atoms with van der Waals surface area (Å²) in [6.45, 7) is 0.283. The van der Waals surface area contributed by atoms with Gasteiger partial charge in [-0.05, 0) is 36.2 Å². The van der Waals surface area contributed by atoms with Crippen molar-refractivity contribution in [3.63, 3.8) is 0 Å². The summed E-state index contributed by atoms with van der Waals surface area (Å²) in [5, 5.41) is 6.16. The molecule has 8 heteroatoms. The molecule has 0 saturated heterocycles. The van der Waals surface area contributed by atoms with Crippen molar-refractivity contribution in [2.24, 2.45) is 0 Å². The summed E-state index contributed by atoms with van der Waals surface area (Å²) in [7, 11) is 3.25. The van der Waals surface area contributed by atoms with Crippen molar-refractivity contribution in [2.75, 3.05) is 25.6 Å². The lowest BCUT2D eigenvalue weighted by molar-refractivity contribution is -0.140. The minimum atomic E-state index is -0.856. The third-order valence-electron chi connectivity index (χ3n) is 5.32. The van der Waals surface area contributed by atoms with Crippen LogP contribution in [0, 0.1) is 0 Å². The van der Waals surface area contributed by atoms with Gasteiger partial charge in [0.15, 0.2) is 0 Å². The topological polar surface area (TPSA) is 104 Å². The van der Waals surface area contributed by atoms with E-state index in [0.717, 1.165) is 27.9 Å². The maximum absolute atomic E-state index is 12.4. The number of carbonyl (C=O) groups is 3. The van der Waals surface area contributed by atoms with Crippen molar-refractivity contribution in [1.82, 2.24) is 15.6 Å². The highest BCUT2D eigenvalue weighted by Gasteiger charge is 2.36. The quantitative estimate of drug-likeness (QED) is 0.561. The Kier molecular flexibility index (Phi) is 5.14. The summed E-state index contributed by atoms with van der Waals surface area (Å²) in [6.07, 6.45) is 2.42. The number of amides is 3. The molecule has 1 aliphatic heterocycles. The number of hydrogen-bond donors (Lipinski definition) is 3. The monoisotopic (exact) mass is 406 g/mol. The van der Waals surface area contributed by atoms with E-state index in [4.69, 9.17) is 4.74 Å². The maximum Gasteiger partial charge on any atom is 0.310 e. The molecule has 8 nitrogen and oxygen atoms in total. The SMILES string of the molecule is COc1ccc2[nH]cc(CCNC(=O)C(=O)N[C@H]3C(=O)N(C)c4ccccc43)c2c1. The van der Waals surface area contributed by atoms with Gasteiger partial charge in [0.1, 0.15) is 11.8 Å². The van der Waals surface area contributed by atoms with Gasteiger partial charge in [0.25, 0.3) is 5.91 Å². The van der Waals surface area contributed by atoms with Crippen molar-refractivity contribution < 1.29 is 19.1 Å². The number of H-pyrrole nitrogens is 1. The van der Waals surface area contributed by atoms with Gasteiger partial charge in [-0.25, -0.2) is 0 Å². The Balaban J connectivity index is 1.36. The van der Waals surface area contributed by atoms with Gasteiger partial charge in [0.05, 0.1) is 7.11 Å². The lowest BCUT2D eigenvalue weighted by Crippen LogP contribution is -2.44. The van der Waals surface area contributed by atoms with E-state index in [0.29, 0.717) is 12.0 Å². The third kappa shape index (κ3) is 3.47. The molecule has 30 heavy (non-hydrogen) atoms. The lowest BCUT2D eigenvalue weighted by atomic mass is 10.1. The summed E-state index contributed by atoms with van der Waals surface area (Å²) in [5.74, 6) is -1.13. The number of aromatic amines is 1. The van der Waals surface area contributed by atoms with E-state index in [-0.39, 0.29) is 12.5 Å². The molecule has 3 aromatic rings. The number of rotatable bonds is 5. The molecular formula is C22H22N4O4. The van der Waals surface area contributed by atoms with Crippen LogP contribution in [0.25, 0.3) is 10.9 Å². The minimum absolute atomic E-state index is 0.273. The number of likely N-dealkylation sites (N-methyl/N-ethyl adjacent to an activating group) is 1. The van der Waals surface area contributed by atoms with E-state index >= 15 is 0 Å². The van der Waals surface area contributed by atoms with Crippen molar-refractivity contribution >= 4 is 34.3 Å². The van der Waals surface area contributed by atoms with Crippen LogP contribution in [-0.2, 0) is 20.8 Å². The van der Waals surface area contributed by atoms with Crippen LogP contribution in [0.5, 0.6) is 5.75 Å². The van der Waals surface area contributed by atoms with E-state index in [2.05, 4.69) is 15.6 Å². The smallest absolute Gasteiger partial charge is 0.310 e. The first-order chi connectivity index (χ1) is 14.5. The zero-order valence-electron chi connectivity index (χ0n) is 16.7. The minimum Gasteiger partial charge on any atom is -0.497 e. The van der Waals surface area contributed by atoms with E-state index in [1.807, 2.05) is 30.5 Å². The van der Waals surface area contributed by atoms with Crippen molar-refractivity contribution in [2.45, 2.75) is 12.5 Å². The number of fused-ring (bicyclic) bond motifs is 2. The molecular weight excluding hydrogens is 384 g/mol. The van der Waals surface area contributed by atoms with Gasteiger partial charge in [0.2, 0.25) is 0 Å². The largest absolute Gasteiger partial charge is 0.497 e. The van der Waals surface area contributed by atoms with Crippen LogP contribution < -0.4 is 20.3 Å². The molecule has 1 aliphatic rings. The molecule has 154 valence electrons. The normalized spacial score (nSPS) is 15.2. The number of anilines is 1. The van der Waals surface area contributed by atoms with Crippen LogP contribution in [0.3, 0.4) is 0 Å². The second-order valence-electron chi connectivity index (χ2n) is 7.09. The summed E-state index contributed by atoms with van der Waals surface area (Å²) in [5.41, 5.74) is 3.38. The predicted octanol–water partition coefficient (Wildman–Crippen LogP) is 1.67. The fraction of sp³-hybridized carbons (Fsp3) is 0.227. The highest BCUT2D eigenvalue weighted by atomic mass is 16.5. The maximum atomic E-state index is 12.4. The molecule has 4 rings (SSSR count). The predicted molar refractivity (Wildman–Crippen MR) is 112 cm³/mol. The Morgan fingerprint density at radius 3 is 2.77 bits per heavy atom. The highest BCUT2D eigenvalue weighted by Crippen LogP contribution is 2.34. The Labute approximate surface area is 173 Å². The van der Waals surface area contributed by atoms with Crippen LogP contribution in [0.2, 0.25) is 0 Å². The van der Waals surface area contributed by atoms with Crippen molar-refractivity contribution in [3.05, 3.63) is 59.8 Å². The Morgan fingerprint density at radius 1 is 1.17 bits per heavy atom. The Hall–Kier alpha value is -3.81. The van der Waals surface area contributed by atoms with Crippen LogP contribution in [0.4, 0.5) is 5.69 Å². The molecule has 2 aromatic carbocycles. The first-order valence-corrected chi connectivity index (χ1v) is 9.59. The fourth-order valence-electron chi connectivity index (χ4n) is 3.70. The van der Waals surface area contributed by atoms with E-state index < -0.39 is 17.9 Å². The lowest BCUT2D eigenvalue weighted by Gasteiger charge is -2.13. The molecule has 0 saturated carbocycles. The van der Waals surface area contributed by atoms with Gasteiger partial charge in [-0.2, -0.15) is 0 Å². The van der Waals surface area contributed by atoms with Crippen molar-refractivity contribution in [1.29, 1.82) is 0 Å². The molecule has 0 fully saturated rings. The van der Waals surface area contributed by atoms with Gasteiger partial charge in [-0.1, -0.05) is 18.2 Å². The molecule has 3 amide bonds. The molecule has 0 bridgehead atoms. The van der Waals surface area contributed by atoms with Crippen LogP contribution in [0.15, 0.2) is 48.7 Å². The van der Waals surface area contributed by atoms with Gasteiger partial charge in [0, 0.05) is 41.9 Å². The van der Waals surface area contributed by atoms with Crippen molar-refractivity contribution in [3.8, 4) is 5.75 Å². The Morgan fingerprint density at radius 2 is 1.97 bits per heavy atom. The highest BCUT2D eigenvalue weighted by molar-refractivity contribution is 6.35. The Bertz CT molecular complexity index is 1140. The molecule has 0 radical (unpaired) electrons. The van der Waals surface area contributed by atoms with Gasteiger partial charge < -0.3 is 25.3 Å². The number of aromatic nitrogens is 1. The van der Waals surface area contributed by atoms with E-state index in [9.17, 15) is 14.4 Å². The van der Waals surface area contributed by atoms with Gasteiger partial charge in [-0.3, -0.25) is 14.4 Å². The number of hydrogen-bond acceptors (Lipinski definition) is 4. The van der Waals surface area contributed by atoms with E-state index in [1.54, 1.807) is 32.4 Å². The summed E-state index contributed by atoms with van der Waals surface area (Å²) in [4.78, 5) is 41.7. The van der Waals surface area contributed by atoms with E-state index in [1.165, 1.54) is 4.90 Å². The number of nitrogens with one attached hydrogen (secondary N) is 3. The molecule has 0 unspecified atom stereocenters. The molecule has 0 spiro atoms. The molecule has 1 atom stereocenters. The standard InChI is InChI=1S/C22H22N4O4/c1-26-18-6-4-3-5-15(18)19(22(26)29)25-21(28)20(27)23-10-9-13-12-24-17-8-7-14(30-2)11-16(13)17/h3-8,11-12,19,24H,9-10H2,1-2H3,(H,23,27)(H,25,28)/t19-/m1/s1. The zero-order chi connectivity index (χ0) is 21.3. The summed E-state index contributed by atoms with van der Waals surface area (Å²) in [6, 6.07) is 12.0. The first-order valence-electron chi connectivity index (χ1n) is 9.59. The second-order valence-corrected chi connectivity index (χ2v) is 7.09. The number of benzene rings is 2. The second kappa shape index (κ2) is 7.90. The molecule has 1 aromatic heterocycles. The number of carbonyl (C=O) groups excluding carboxylic acids is 3. The third-order valence-corrected chi connectivity index (χ3v) is 5.32. The number of ether oxygens (including phenoxy) is 1. The number of para-hydroxylation sites is 1. The first kappa shape index (κ1) is 19.5. The average Bonchev–Trinajstić information content (AvgIpc) is 3.27. The number of nitrogens with zero attached hydrogens (tertiary/aromatic N) is 1. The summed E-state index contributed by atoms with van der Waals surface area (Å²) < 4.78 is 5.26. The molecule has 2 heterocycles. The fourth-order valence-corrected chi connectivity index (χ4v) is 3.70. The van der Waals surface area contributed by atoms with Gasteiger partial charge in [-0.15, -0.1) is 0 Å².